The molecule has 0 aliphatic carbocycles. The average molecular weight is 275 g/mol. The fourth-order valence-electron chi connectivity index (χ4n) is 1.97. The molecule has 1 rings (SSSR count). The number of carbonyl (C=O) groups excluding carboxylic acids is 1. The van der Waals surface area contributed by atoms with Crippen LogP contribution < -0.4 is 5.32 Å². The summed E-state index contributed by atoms with van der Waals surface area (Å²) in [5.41, 5.74) is -1.04. The Morgan fingerprint density at radius 3 is 2.56 bits per heavy atom. The molecule has 1 fully saturated rings. The van der Waals surface area contributed by atoms with Crippen molar-refractivity contribution in [1.29, 1.82) is 0 Å². The van der Waals surface area contributed by atoms with Crippen molar-refractivity contribution in [2.24, 2.45) is 0 Å². The lowest BCUT2D eigenvalue weighted by Gasteiger charge is -2.33. The van der Waals surface area contributed by atoms with Gasteiger partial charge in [0.05, 0.1) is 0 Å². The summed E-state index contributed by atoms with van der Waals surface area (Å²) in [5, 5.41) is 12.0. The third kappa shape index (κ3) is 4.49. The van der Waals surface area contributed by atoms with Crippen LogP contribution >= 0.6 is 11.8 Å². The number of carboxylic acids is 1. The van der Waals surface area contributed by atoms with Crippen molar-refractivity contribution < 1.29 is 19.4 Å². The van der Waals surface area contributed by atoms with Crippen LogP contribution in [0.25, 0.3) is 0 Å². The van der Waals surface area contributed by atoms with Gasteiger partial charge in [-0.2, -0.15) is 11.8 Å². The third-order valence-corrected chi connectivity index (χ3v) is 4.12. The van der Waals surface area contributed by atoms with Crippen LogP contribution in [0.1, 0.15) is 32.1 Å². The van der Waals surface area contributed by atoms with E-state index in [-0.39, 0.29) is 5.91 Å². The van der Waals surface area contributed by atoms with Crippen LogP contribution in [0, 0.1) is 0 Å². The van der Waals surface area contributed by atoms with Crippen molar-refractivity contribution in [3.63, 3.8) is 0 Å². The maximum Gasteiger partial charge on any atom is 0.329 e. The van der Waals surface area contributed by atoms with Gasteiger partial charge >= 0.3 is 5.97 Å². The molecule has 0 aromatic heterocycles. The number of rotatable bonds is 7. The SMILES string of the molecule is COCCCCC(=O)NC1(C(=O)O)CCSCC1. The van der Waals surface area contributed by atoms with Crippen molar-refractivity contribution in [2.75, 3.05) is 25.2 Å². The average Bonchev–Trinajstić information content (AvgIpc) is 2.35. The fourth-order valence-corrected chi connectivity index (χ4v) is 3.16. The Morgan fingerprint density at radius 1 is 1.33 bits per heavy atom. The summed E-state index contributed by atoms with van der Waals surface area (Å²) in [6.45, 7) is 0.633. The van der Waals surface area contributed by atoms with Gasteiger partial charge in [-0.15, -0.1) is 0 Å². The summed E-state index contributed by atoms with van der Waals surface area (Å²) in [7, 11) is 1.62. The predicted molar refractivity (Wildman–Crippen MR) is 70.8 cm³/mol. The Balaban J connectivity index is 2.41. The summed E-state index contributed by atoms with van der Waals surface area (Å²) in [6.07, 6.45) is 2.93. The normalized spacial score (nSPS) is 18.3. The molecule has 0 aromatic carbocycles. The third-order valence-electron chi connectivity index (χ3n) is 3.14. The molecule has 1 amide bonds. The van der Waals surface area contributed by atoms with Crippen molar-refractivity contribution >= 4 is 23.6 Å². The van der Waals surface area contributed by atoms with E-state index in [1.165, 1.54) is 0 Å². The van der Waals surface area contributed by atoms with E-state index in [4.69, 9.17) is 4.74 Å². The summed E-state index contributed by atoms with van der Waals surface area (Å²) in [5.74, 6) is 0.500. The van der Waals surface area contributed by atoms with E-state index in [9.17, 15) is 14.7 Å². The second kappa shape index (κ2) is 7.63. The first-order valence-electron chi connectivity index (χ1n) is 6.22. The summed E-state index contributed by atoms with van der Waals surface area (Å²) in [6, 6.07) is 0. The van der Waals surface area contributed by atoms with Crippen LogP contribution in [-0.2, 0) is 14.3 Å². The number of amides is 1. The largest absolute Gasteiger partial charge is 0.480 e. The van der Waals surface area contributed by atoms with Crippen LogP contribution in [0.3, 0.4) is 0 Å². The Bertz CT molecular complexity index is 290. The van der Waals surface area contributed by atoms with E-state index in [0.717, 1.165) is 24.3 Å². The molecule has 0 radical (unpaired) electrons. The molecule has 1 aliphatic rings. The molecule has 0 saturated carbocycles. The number of carboxylic acid groups (broad SMARTS) is 1. The topological polar surface area (TPSA) is 75.6 Å². The smallest absolute Gasteiger partial charge is 0.329 e. The number of hydrogen-bond acceptors (Lipinski definition) is 4. The van der Waals surface area contributed by atoms with Crippen molar-refractivity contribution in [1.82, 2.24) is 5.32 Å². The van der Waals surface area contributed by atoms with Crippen LogP contribution in [0.5, 0.6) is 0 Å². The maximum absolute atomic E-state index is 11.8. The number of thioether (sulfide) groups is 1. The molecule has 2 N–H and O–H groups in total. The van der Waals surface area contributed by atoms with Crippen molar-refractivity contribution in [3.05, 3.63) is 0 Å². The molecule has 0 unspecified atom stereocenters. The monoisotopic (exact) mass is 275 g/mol. The first kappa shape index (κ1) is 15.3. The Morgan fingerprint density at radius 2 is 2.00 bits per heavy atom. The zero-order valence-electron chi connectivity index (χ0n) is 10.7. The van der Waals surface area contributed by atoms with Gasteiger partial charge in [-0.3, -0.25) is 4.79 Å². The molecular weight excluding hydrogens is 254 g/mol. The lowest BCUT2D eigenvalue weighted by molar-refractivity contribution is -0.148. The minimum Gasteiger partial charge on any atom is -0.480 e. The molecule has 1 saturated heterocycles. The van der Waals surface area contributed by atoms with E-state index >= 15 is 0 Å². The van der Waals surface area contributed by atoms with Crippen LogP contribution in [0.4, 0.5) is 0 Å². The van der Waals surface area contributed by atoms with Crippen molar-refractivity contribution in [3.8, 4) is 0 Å². The number of nitrogens with one attached hydrogen (secondary N) is 1. The lowest BCUT2D eigenvalue weighted by atomic mass is 9.92. The first-order chi connectivity index (χ1) is 8.60. The number of aliphatic carboxylic acids is 1. The van der Waals surface area contributed by atoms with E-state index in [1.54, 1.807) is 18.9 Å². The molecule has 0 aromatic rings. The van der Waals surface area contributed by atoms with Gasteiger partial charge in [0, 0.05) is 20.1 Å². The van der Waals surface area contributed by atoms with E-state index < -0.39 is 11.5 Å². The summed E-state index contributed by atoms with van der Waals surface area (Å²) in [4.78, 5) is 23.1. The minimum absolute atomic E-state index is 0.166. The van der Waals surface area contributed by atoms with Gasteiger partial charge in [-0.25, -0.2) is 4.79 Å². The van der Waals surface area contributed by atoms with Gasteiger partial charge in [0.1, 0.15) is 5.54 Å². The van der Waals surface area contributed by atoms with Crippen molar-refractivity contribution in [2.45, 2.75) is 37.6 Å². The molecule has 1 aliphatic heterocycles. The number of ether oxygens (including phenoxy) is 1. The highest BCUT2D eigenvalue weighted by Gasteiger charge is 2.40. The molecule has 5 nitrogen and oxygen atoms in total. The van der Waals surface area contributed by atoms with E-state index in [2.05, 4.69) is 5.32 Å². The van der Waals surface area contributed by atoms with Crippen LogP contribution in [-0.4, -0.2) is 47.7 Å². The van der Waals surface area contributed by atoms with E-state index in [0.29, 0.717) is 25.9 Å². The van der Waals surface area contributed by atoms with Gasteiger partial charge < -0.3 is 15.2 Å². The van der Waals surface area contributed by atoms with Crippen LogP contribution in [0.15, 0.2) is 0 Å². The standard InChI is InChI=1S/C12H21NO4S/c1-17-7-3-2-4-10(14)13-12(11(15)16)5-8-18-9-6-12/h2-9H2,1H3,(H,13,14)(H,15,16). The molecule has 18 heavy (non-hydrogen) atoms. The van der Waals surface area contributed by atoms with Gasteiger partial charge in [0.15, 0.2) is 0 Å². The minimum atomic E-state index is -1.04. The quantitative estimate of drug-likeness (QED) is 0.684. The zero-order valence-corrected chi connectivity index (χ0v) is 11.6. The number of carbonyl (C=O) groups is 2. The molecule has 0 spiro atoms. The molecule has 0 bridgehead atoms. The Hall–Kier alpha value is -0.750. The first-order valence-corrected chi connectivity index (χ1v) is 7.37. The van der Waals surface area contributed by atoms with Gasteiger partial charge in [-0.1, -0.05) is 0 Å². The van der Waals surface area contributed by atoms with Gasteiger partial charge in [-0.05, 0) is 37.2 Å². The van der Waals surface area contributed by atoms with Crippen LogP contribution in [0.2, 0.25) is 0 Å². The molecule has 1 heterocycles. The predicted octanol–water partition coefficient (Wildman–Crippen LogP) is 1.27. The van der Waals surface area contributed by atoms with Gasteiger partial charge in [0.2, 0.25) is 5.91 Å². The second-order valence-electron chi connectivity index (χ2n) is 4.50. The Kier molecular flexibility index (Phi) is 6.49. The number of unbranched alkanes of at least 4 members (excludes halogenated alkanes) is 1. The van der Waals surface area contributed by atoms with Gasteiger partial charge in [0.25, 0.3) is 0 Å². The highest BCUT2D eigenvalue weighted by molar-refractivity contribution is 7.99. The van der Waals surface area contributed by atoms with E-state index in [1.807, 2.05) is 0 Å². The summed E-state index contributed by atoms with van der Waals surface area (Å²) >= 11 is 1.73. The lowest BCUT2D eigenvalue weighted by Crippen LogP contribution is -2.56. The molecular formula is C12H21NO4S. The summed E-state index contributed by atoms with van der Waals surface area (Å²) < 4.78 is 4.90. The molecule has 104 valence electrons. The zero-order chi connectivity index (χ0) is 13.4. The second-order valence-corrected chi connectivity index (χ2v) is 5.72. The molecule has 0 atom stereocenters. The highest BCUT2D eigenvalue weighted by atomic mass is 32.2. The maximum atomic E-state index is 11.8. The fraction of sp³-hybridized carbons (Fsp3) is 0.833. The highest BCUT2D eigenvalue weighted by Crippen LogP contribution is 2.27. The number of methoxy groups -OCH3 is 1. The Labute approximate surface area is 112 Å². The molecule has 6 heteroatoms. The number of hydrogen-bond donors (Lipinski definition) is 2.